The molecule has 2 heterocycles. The van der Waals surface area contributed by atoms with Crippen LogP contribution in [-0.2, 0) is 17.8 Å². The Balaban J connectivity index is 1.61. The number of aryl methyl sites for hydroxylation is 1. The van der Waals surface area contributed by atoms with Crippen molar-refractivity contribution in [2.45, 2.75) is 19.9 Å². The Morgan fingerprint density at radius 1 is 1.18 bits per heavy atom. The van der Waals surface area contributed by atoms with Crippen molar-refractivity contribution in [1.29, 1.82) is 0 Å². The molecule has 112 valence electrons. The summed E-state index contributed by atoms with van der Waals surface area (Å²) in [5.41, 5.74) is 3.83. The Bertz CT molecular complexity index is 808. The predicted molar refractivity (Wildman–Crippen MR) is 86.9 cm³/mol. The molecular formula is C17H16ClN3O. The van der Waals surface area contributed by atoms with E-state index in [0.29, 0.717) is 18.0 Å². The number of imidazole rings is 1. The molecule has 5 heteroatoms. The number of amides is 1. The minimum atomic E-state index is -0.0319. The van der Waals surface area contributed by atoms with Gasteiger partial charge in [0.25, 0.3) is 0 Å². The van der Waals surface area contributed by atoms with Crippen molar-refractivity contribution in [2.24, 2.45) is 0 Å². The number of rotatable bonds is 4. The van der Waals surface area contributed by atoms with Crippen molar-refractivity contribution in [2.75, 3.05) is 0 Å². The quantitative estimate of drug-likeness (QED) is 0.804. The molecular weight excluding hydrogens is 298 g/mol. The number of hydrogen-bond acceptors (Lipinski definition) is 2. The Morgan fingerprint density at radius 3 is 2.73 bits per heavy atom. The van der Waals surface area contributed by atoms with E-state index in [4.69, 9.17) is 11.6 Å². The van der Waals surface area contributed by atoms with Crippen LogP contribution < -0.4 is 5.32 Å². The highest BCUT2D eigenvalue weighted by atomic mass is 35.5. The maximum atomic E-state index is 12.0. The van der Waals surface area contributed by atoms with Gasteiger partial charge in [0.05, 0.1) is 18.7 Å². The zero-order valence-corrected chi connectivity index (χ0v) is 13.0. The maximum absolute atomic E-state index is 12.0. The first-order chi connectivity index (χ1) is 10.6. The molecule has 0 spiro atoms. The molecule has 0 bridgehead atoms. The van der Waals surface area contributed by atoms with E-state index in [1.807, 2.05) is 48.0 Å². The van der Waals surface area contributed by atoms with Gasteiger partial charge in [-0.05, 0) is 36.2 Å². The molecule has 0 saturated carbocycles. The highest BCUT2D eigenvalue weighted by Crippen LogP contribution is 2.10. The molecule has 0 aliphatic heterocycles. The minimum Gasteiger partial charge on any atom is -0.350 e. The summed E-state index contributed by atoms with van der Waals surface area (Å²) in [7, 11) is 0. The molecule has 0 aliphatic carbocycles. The summed E-state index contributed by atoms with van der Waals surface area (Å²) < 4.78 is 1.97. The molecule has 0 fully saturated rings. The summed E-state index contributed by atoms with van der Waals surface area (Å²) in [6.45, 7) is 2.46. The van der Waals surface area contributed by atoms with Gasteiger partial charge in [0.2, 0.25) is 5.91 Å². The van der Waals surface area contributed by atoms with Crippen LogP contribution in [0.2, 0.25) is 5.02 Å². The van der Waals surface area contributed by atoms with Crippen LogP contribution in [0.1, 0.15) is 16.8 Å². The molecule has 22 heavy (non-hydrogen) atoms. The van der Waals surface area contributed by atoms with Gasteiger partial charge in [-0.1, -0.05) is 29.8 Å². The van der Waals surface area contributed by atoms with Gasteiger partial charge in [-0.15, -0.1) is 0 Å². The third-order valence-electron chi connectivity index (χ3n) is 3.39. The molecule has 1 amide bonds. The van der Waals surface area contributed by atoms with Gasteiger partial charge < -0.3 is 9.72 Å². The lowest BCUT2D eigenvalue weighted by atomic mass is 10.1. The zero-order chi connectivity index (χ0) is 15.5. The first-order valence-corrected chi connectivity index (χ1v) is 7.43. The Labute approximate surface area is 133 Å². The second kappa shape index (κ2) is 6.20. The number of hydrogen-bond donors (Lipinski definition) is 1. The first-order valence-electron chi connectivity index (χ1n) is 7.05. The van der Waals surface area contributed by atoms with Gasteiger partial charge in [-0.3, -0.25) is 4.79 Å². The first kappa shape index (κ1) is 14.6. The largest absolute Gasteiger partial charge is 0.350 e. The predicted octanol–water partition coefficient (Wildman–Crippen LogP) is 3.16. The van der Waals surface area contributed by atoms with Crippen molar-refractivity contribution < 1.29 is 4.79 Å². The third kappa shape index (κ3) is 3.46. The van der Waals surface area contributed by atoms with Crippen LogP contribution in [-0.4, -0.2) is 15.3 Å². The van der Waals surface area contributed by atoms with Crippen LogP contribution in [0.15, 0.2) is 48.8 Å². The summed E-state index contributed by atoms with van der Waals surface area (Å²) in [4.78, 5) is 16.4. The van der Waals surface area contributed by atoms with E-state index in [0.717, 1.165) is 16.9 Å². The third-order valence-corrected chi connectivity index (χ3v) is 3.65. The SMILES string of the molecule is Cc1ccc2nc(CNC(=O)Cc3ccc(Cl)cc3)cn2c1. The molecule has 1 N–H and O–H groups in total. The number of carbonyl (C=O) groups is 1. The van der Waals surface area contributed by atoms with Gasteiger partial charge in [-0.2, -0.15) is 0 Å². The lowest BCUT2D eigenvalue weighted by Gasteiger charge is -2.03. The van der Waals surface area contributed by atoms with Crippen LogP contribution in [0.3, 0.4) is 0 Å². The molecule has 3 rings (SSSR count). The number of pyridine rings is 1. The molecule has 2 aromatic heterocycles. The standard InChI is InChI=1S/C17H16ClN3O/c1-12-2-7-16-20-15(11-21(16)10-12)9-19-17(22)8-13-3-5-14(18)6-4-13/h2-7,10-11H,8-9H2,1H3,(H,19,22). The maximum Gasteiger partial charge on any atom is 0.224 e. The molecule has 1 aromatic carbocycles. The lowest BCUT2D eigenvalue weighted by Crippen LogP contribution is -2.24. The summed E-state index contributed by atoms with van der Waals surface area (Å²) in [5.74, 6) is -0.0319. The van der Waals surface area contributed by atoms with E-state index in [1.165, 1.54) is 5.56 Å². The second-order valence-electron chi connectivity index (χ2n) is 5.28. The average molecular weight is 314 g/mol. The van der Waals surface area contributed by atoms with E-state index in [9.17, 15) is 4.79 Å². The Kier molecular flexibility index (Phi) is 4.11. The molecule has 0 atom stereocenters. The van der Waals surface area contributed by atoms with Gasteiger partial charge in [0.15, 0.2) is 0 Å². The Morgan fingerprint density at radius 2 is 1.95 bits per heavy atom. The number of fused-ring (bicyclic) bond motifs is 1. The van der Waals surface area contributed by atoms with Crippen LogP contribution in [0.5, 0.6) is 0 Å². The molecule has 0 radical (unpaired) electrons. The van der Waals surface area contributed by atoms with E-state index >= 15 is 0 Å². The molecule has 0 saturated heterocycles. The molecule has 0 unspecified atom stereocenters. The van der Waals surface area contributed by atoms with Crippen molar-refractivity contribution >= 4 is 23.2 Å². The highest BCUT2D eigenvalue weighted by Gasteiger charge is 2.06. The fraction of sp³-hybridized carbons (Fsp3) is 0.176. The van der Waals surface area contributed by atoms with Gasteiger partial charge in [0.1, 0.15) is 5.65 Å². The van der Waals surface area contributed by atoms with Crippen LogP contribution in [0.4, 0.5) is 0 Å². The lowest BCUT2D eigenvalue weighted by molar-refractivity contribution is -0.120. The van der Waals surface area contributed by atoms with Crippen LogP contribution >= 0.6 is 11.6 Å². The fourth-order valence-electron chi connectivity index (χ4n) is 2.28. The van der Waals surface area contributed by atoms with Crippen LogP contribution in [0.25, 0.3) is 5.65 Å². The van der Waals surface area contributed by atoms with Gasteiger partial charge in [0, 0.05) is 17.4 Å². The smallest absolute Gasteiger partial charge is 0.224 e. The summed E-state index contributed by atoms with van der Waals surface area (Å²) >= 11 is 5.83. The van der Waals surface area contributed by atoms with Gasteiger partial charge in [-0.25, -0.2) is 4.98 Å². The number of nitrogens with zero attached hydrogens (tertiary/aromatic N) is 2. The summed E-state index contributed by atoms with van der Waals surface area (Å²) in [5, 5.41) is 3.56. The average Bonchev–Trinajstić information content (AvgIpc) is 2.89. The summed E-state index contributed by atoms with van der Waals surface area (Å²) in [6.07, 6.45) is 4.29. The normalized spacial score (nSPS) is 10.8. The topological polar surface area (TPSA) is 46.4 Å². The highest BCUT2D eigenvalue weighted by molar-refractivity contribution is 6.30. The minimum absolute atomic E-state index is 0.0319. The van der Waals surface area contributed by atoms with E-state index in [-0.39, 0.29) is 5.91 Å². The molecule has 0 aliphatic rings. The van der Waals surface area contributed by atoms with E-state index in [2.05, 4.69) is 10.3 Å². The number of carbonyl (C=O) groups excluding carboxylic acids is 1. The number of nitrogens with one attached hydrogen (secondary N) is 1. The summed E-state index contributed by atoms with van der Waals surface area (Å²) in [6, 6.07) is 11.3. The van der Waals surface area contributed by atoms with Crippen molar-refractivity contribution in [1.82, 2.24) is 14.7 Å². The van der Waals surface area contributed by atoms with Crippen LogP contribution in [0, 0.1) is 6.92 Å². The number of aromatic nitrogens is 2. The van der Waals surface area contributed by atoms with E-state index < -0.39 is 0 Å². The van der Waals surface area contributed by atoms with Crippen molar-refractivity contribution in [3.8, 4) is 0 Å². The second-order valence-corrected chi connectivity index (χ2v) is 5.72. The fourth-order valence-corrected chi connectivity index (χ4v) is 2.41. The van der Waals surface area contributed by atoms with Crippen molar-refractivity contribution in [3.63, 3.8) is 0 Å². The number of halogens is 1. The van der Waals surface area contributed by atoms with Gasteiger partial charge >= 0.3 is 0 Å². The van der Waals surface area contributed by atoms with Crippen molar-refractivity contribution in [3.05, 3.63) is 70.6 Å². The monoisotopic (exact) mass is 313 g/mol. The Hall–Kier alpha value is -2.33. The van der Waals surface area contributed by atoms with E-state index in [1.54, 1.807) is 12.1 Å². The molecule has 3 aromatic rings. The zero-order valence-electron chi connectivity index (χ0n) is 12.2. The molecule has 4 nitrogen and oxygen atoms in total. The number of benzene rings is 1.